The van der Waals surface area contributed by atoms with Gasteiger partial charge in [0.2, 0.25) is 0 Å². The second-order valence-electron chi connectivity index (χ2n) is 5.90. The van der Waals surface area contributed by atoms with Gasteiger partial charge in [-0.05, 0) is 31.0 Å². The molecule has 0 aliphatic carbocycles. The van der Waals surface area contributed by atoms with Crippen LogP contribution in [0, 0.1) is 6.92 Å². The number of hydrogen-bond donors (Lipinski definition) is 3. The third-order valence-electron chi connectivity index (χ3n) is 3.41. The van der Waals surface area contributed by atoms with E-state index in [1.54, 1.807) is 12.1 Å². The molecule has 7 nitrogen and oxygen atoms in total. The monoisotopic (exact) mass is 389 g/mol. The summed E-state index contributed by atoms with van der Waals surface area (Å²) in [6, 6.07) is 7.32. The van der Waals surface area contributed by atoms with Crippen molar-refractivity contribution in [1.82, 2.24) is 5.32 Å². The van der Waals surface area contributed by atoms with E-state index in [-0.39, 0.29) is 6.61 Å². The van der Waals surface area contributed by atoms with E-state index in [0.29, 0.717) is 5.75 Å². The number of benzene rings is 1. The summed E-state index contributed by atoms with van der Waals surface area (Å²) in [7, 11) is -2.71. The molecule has 0 saturated heterocycles. The minimum atomic E-state index is -4.23. The molecule has 1 rings (SSSR count). The van der Waals surface area contributed by atoms with Crippen LogP contribution in [0.3, 0.4) is 0 Å². The molecule has 0 atom stereocenters. The first-order chi connectivity index (χ1) is 12.3. The molecule has 1 aromatic rings. The standard InChI is InChI=1S/C9H11NO2.C9H21O4P/c1-7-4-3-5-8(6-7)12-9(11)10-2;1-2-3-4-5-6-7-8-9-13-14(10,11)12/h3-6H,1-2H3,(H,10,11);2-9H2,1H3,(H2,10,11,12). The number of phosphoric ester groups is 1. The molecular formula is C18H32NO6P. The normalized spacial score (nSPS) is 10.7. The van der Waals surface area contributed by atoms with Gasteiger partial charge in [0, 0.05) is 7.05 Å². The second kappa shape index (κ2) is 14.7. The van der Waals surface area contributed by atoms with Gasteiger partial charge in [0.05, 0.1) is 6.61 Å². The number of hydrogen-bond acceptors (Lipinski definition) is 4. The molecule has 0 bridgehead atoms. The Hall–Kier alpha value is -1.40. The van der Waals surface area contributed by atoms with Gasteiger partial charge in [-0.15, -0.1) is 0 Å². The van der Waals surface area contributed by atoms with Crippen LogP contribution < -0.4 is 10.1 Å². The first-order valence-electron chi connectivity index (χ1n) is 8.94. The average molecular weight is 389 g/mol. The Bertz CT molecular complexity index is 546. The van der Waals surface area contributed by atoms with Gasteiger partial charge in [-0.3, -0.25) is 4.52 Å². The van der Waals surface area contributed by atoms with E-state index in [1.165, 1.54) is 32.7 Å². The van der Waals surface area contributed by atoms with E-state index >= 15 is 0 Å². The molecule has 1 amide bonds. The van der Waals surface area contributed by atoms with Crippen molar-refractivity contribution in [3.63, 3.8) is 0 Å². The van der Waals surface area contributed by atoms with E-state index in [9.17, 15) is 9.36 Å². The Morgan fingerprint density at radius 3 is 2.27 bits per heavy atom. The second-order valence-corrected chi connectivity index (χ2v) is 7.14. The number of ether oxygens (including phenoxy) is 1. The van der Waals surface area contributed by atoms with Crippen molar-refractivity contribution in [2.75, 3.05) is 13.7 Å². The van der Waals surface area contributed by atoms with E-state index < -0.39 is 13.9 Å². The van der Waals surface area contributed by atoms with E-state index in [4.69, 9.17) is 14.5 Å². The van der Waals surface area contributed by atoms with Crippen LogP contribution in [-0.4, -0.2) is 29.5 Å². The quantitative estimate of drug-likeness (QED) is 0.400. The highest BCUT2D eigenvalue weighted by molar-refractivity contribution is 7.46. The summed E-state index contributed by atoms with van der Waals surface area (Å²) >= 11 is 0. The van der Waals surface area contributed by atoms with E-state index in [2.05, 4.69) is 16.8 Å². The van der Waals surface area contributed by atoms with Crippen molar-refractivity contribution in [3.05, 3.63) is 29.8 Å². The van der Waals surface area contributed by atoms with Crippen LogP contribution in [0.15, 0.2) is 24.3 Å². The Morgan fingerprint density at radius 2 is 1.73 bits per heavy atom. The fourth-order valence-corrected chi connectivity index (χ4v) is 2.45. The maximum Gasteiger partial charge on any atom is 0.469 e. The molecule has 0 aromatic heterocycles. The molecule has 0 unspecified atom stereocenters. The zero-order valence-corrected chi connectivity index (χ0v) is 16.8. The zero-order valence-electron chi connectivity index (χ0n) is 15.9. The van der Waals surface area contributed by atoms with Crippen molar-refractivity contribution in [3.8, 4) is 5.75 Å². The minimum Gasteiger partial charge on any atom is -0.410 e. The van der Waals surface area contributed by atoms with Crippen LogP contribution >= 0.6 is 7.82 Å². The summed E-state index contributed by atoms with van der Waals surface area (Å²) < 4.78 is 19.5. The molecule has 0 aliphatic rings. The highest BCUT2D eigenvalue weighted by Gasteiger charge is 2.12. The molecule has 0 saturated carbocycles. The van der Waals surface area contributed by atoms with Crippen molar-refractivity contribution >= 4 is 13.9 Å². The Balaban J connectivity index is 0.000000485. The van der Waals surface area contributed by atoms with Crippen LogP contribution in [0.1, 0.15) is 57.4 Å². The summed E-state index contributed by atoms with van der Waals surface area (Å²) in [4.78, 5) is 27.5. The molecule has 0 heterocycles. The summed E-state index contributed by atoms with van der Waals surface area (Å²) in [6.07, 6.45) is 7.39. The summed E-state index contributed by atoms with van der Waals surface area (Å²) in [6.45, 7) is 4.28. The maximum absolute atomic E-state index is 10.8. The first kappa shape index (κ1) is 24.6. The van der Waals surface area contributed by atoms with Crippen molar-refractivity contribution in [2.45, 2.75) is 58.8 Å². The van der Waals surface area contributed by atoms with Crippen LogP contribution in [0.5, 0.6) is 5.75 Å². The molecule has 0 fully saturated rings. The molecule has 150 valence electrons. The number of amides is 1. The lowest BCUT2D eigenvalue weighted by atomic mass is 10.1. The molecule has 3 N–H and O–H groups in total. The lowest BCUT2D eigenvalue weighted by molar-refractivity contribution is 0.193. The predicted molar refractivity (Wildman–Crippen MR) is 102 cm³/mol. The van der Waals surface area contributed by atoms with Gasteiger partial charge < -0.3 is 19.8 Å². The lowest BCUT2D eigenvalue weighted by Gasteiger charge is -2.04. The topological polar surface area (TPSA) is 105 Å². The van der Waals surface area contributed by atoms with Gasteiger partial charge in [0.25, 0.3) is 0 Å². The number of rotatable bonds is 10. The highest BCUT2D eigenvalue weighted by Crippen LogP contribution is 2.35. The smallest absolute Gasteiger partial charge is 0.410 e. The molecule has 1 aromatic carbocycles. The lowest BCUT2D eigenvalue weighted by Crippen LogP contribution is -2.21. The van der Waals surface area contributed by atoms with Gasteiger partial charge in [-0.1, -0.05) is 57.6 Å². The average Bonchev–Trinajstić information content (AvgIpc) is 2.57. The maximum atomic E-state index is 10.8. The highest BCUT2D eigenvalue weighted by atomic mass is 31.2. The number of unbranched alkanes of at least 4 members (excludes halogenated alkanes) is 6. The van der Waals surface area contributed by atoms with E-state index in [0.717, 1.165) is 24.8 Å². The molecule has 0 spiro atoms. The van der Waals surface area contributed by atoms with Crippen molar-refractivity contribution in [2.24, 2.45) is 0 Å². The Kier molecular flexibility index (Phi) is 13.9. The Labute approximate surface area is 156 Å². The van der Waals surface area contributed by atoms with Gasteiger partial charge in [0.15, 0.2) is 0 Å². The summed E-state index contributed by atoms with van der Waals surface area (Å²) in [5.41, 5.74) is 1.07. The number of aryl methyl sites for hydroxylation is 1. The molecule has 0 radical (unpaired) electrons. The SMILES string of the molecule is CCCCCCCCCOP(=O)(O)O.CNC(=O)Oc1cccc(C)c1. The summed E-state index contributed by atoms with van der Waals surface area (Å²) in [5.74, 6) is 0.564. The third kappa shape index (κ3) is 16.1. The van der Waals surface area contributed by atoms with Gasteiger partial charge in [-0.2, -0.15) is 0 Å². The predicted octanol–water partition coefficient (Wildman–Crippen LogP) is 4.56. The van der Waals surface area contributed by atoms with Crippen LogP contribution in [-0.2, 0) is 9.09 Å². The van der Waals surface area contributed by atoms with Crippen LogP contribution in [0.2, 0.25) is 0 Å². The Morgan fingerprint density at radius 1 is 1.12 bits per heavy atom. The van der Waals surface area contributed by atoms with Crippen molar-refractivity contribution < 1.29 is 28.4 Å². The fourth-order valence-electron chi connectivity index (χ4n) is 2.08. The molecular weight excluding hydrogens is 357 g/mol. The van der Waals surface area contributed by atoms with Crippen LogP contribution in [0.4, 0.5) is 4.79 Å². The molecule has 26 heavy (non-hydrogen) atoms. The number of nitrogens with one attached hydrogen (secondary N) is 1. The van der Waals surface area contributed by atoms with Gasteiger partial charge in [0.1, 0.15) is 5.75 Å². The van der Waals surface area contributed by atoms with E-state index in [1.807, 2.05) is 19.1 Å². The van der Waals surface area contributed by atoms with Crippen molar-refractivity contribution in [1.29, 1.82) is 0 Å². The first-order valence-corrected chi connectivity index (χ1v) is 10.5. The molecule has 0 aliphatic heterocycles. The van der Waals surface area contributed by atoms with Crippen LogP contribution in [0.25, 0.3) is 0 Å². The zero-order chi connectivity index (χ0) is 19.8. The number of carbonyl (C=O) groups excluding carboxylic acids is 1. The largest absolute Gasteiger partial charge is 0.469 e. The molecule has 8 heteroatoms. The minimum absolute atomic E-state index is 0.165. The summed E-state index contributed by atoms with van der Waals surface area (Å²) in [5, 5.41) is 2.37. The van der Waals surface area contributed by atoms with Gasteiger partial charge in [-0.25, -0.2) is 9.36 Å². The fraction of sp³-hybridized carbons (Fsp3) is 0.611. The number of phosphoric acid groups is 1. The van der Waals surface area contributed by atoms with Gasteiger partial charge >= 0.3 is 13.9 Å². The third-order valence-corrected chi connectivity index (χ3v) is 3.93. The number of carbonyl (C=O) groups is 1.